The molecule has 2 atom stereocenters. The molecule has 1 rings (SSSR count). The third-order valence-electron chi connectivity index (χ3n) is 3.44. The fourth-order valence-corrected chi connectivity index (χ4v) is 2.29. The van der Waals surface area contributed by atoms with Crippen LogP contribution in [0.5, 0.6) is 0 Å². The number of esters is 1. The van der Waals surface area contributed by atoms with Gasteiger partial charge in [-0.25, -0.2) is 4.79 Å². The largest absolute Gasteiger partial charge is 0.466 e. The van der Waals surface area contributed by atoms with Crippen LogP contribution in [-0.4, -0.2) is 48.1 Å². The van der Waals surface area contributed by atoms with Gasteiger partial charge in [-0.05, 0) is 6.92 Å². The van der Waals surface area contributed by atoms with Gasteiger partial charge >= 0.3 is 12.1 Å². The number of likely N-dealkylation sites (tertiary alicyclic amines) is 1. The van der Waals surface area contributed by atoms with Gasteiger partial charge in [0.15, 0.2) is 0 Å². The average molecular weight is 257 g/mol. The number of carbonyl (C=O) groups is 3. The Labute approximate surface area is 106 Å². The maximum absolute atomic E-state index is 11.8. The lowest BCUT2D eigenvalue weighted by molar-refractivity contribution is -0.150. The Morgan fingerprint density at radius 3 is 2.50 bits per heavy atom. The molecular formula is C12H19NO5. The number of hydrogen-bond donors (Lipinski definition) is 1. The average Bonchev–Trinajstić information content (AvgIpc) is 2.75. The first-order chi connectivity index (χ1) is 8.33. The second kappa shape index (κ2) is 5.37. The monoisotopic (exact) mass is 257 g/mol. The molecule has 0 aromatic rings. The molecule has 6 heteroatoms. The van der Waals surface area contributed by atoms with Gasteiger partial charge in [0.1, 0.15) is 6.29 Å². The molecule has 1 fully saturated rings. The predicted octanol–water partition coefficient (Wildman–Crippen LogP) is 1.00. The molecule has 0 saturated carbocycles. The molecule has 1 aliphatic heterocycles. The van der Waals surface area contributed by atoms with E-state index in [-0.39, 0.29) is 25.6 Å². The van der Waals surface area contributed by atoms with Crippen LogP contribution in [0.4, 0.5) is 4.79 Å². The van der Waals surface area contributed by atoms with Crippen molar-refractivity contribution in [2.24, 2.45) is 17.3 Å². The van der Waals surface area contributed by atoms with Gasteiger partial charge in [-0.15, -0.1) is 0 Å². The van der Waals surface area contributed by atoms with Gasteiger partial charge in [-0.1, -0.05) is 13.8 Å². The van der Waals surface area contributed by atoms with Crippen LogP contribution in [0.2, 0.25) is 0 Å². The van der Waals surface area contributed by atoms with E-state index < -0.39 is 23.4 Å². The summed E-state index contributed by atoms with van der Waals surface area (Å²) in [5.41, 5.74) is -0.748. The van der Waals surface area contributed by atoms with Crippen LogP contribution in [0.3, 0.4) is 0 Å². The minimum atomic E-state index is -1.08. The molecule has 0 aromatic carbocycles. The normalized spacial score (nSPS) is 23.8. The molecule has 1 saturated heterocycles. The lowest BCUT2D eigenvalue weighted by Crippen LogP contribution is -2.36. The summed E-state index contributed by atoms with van der Waals surface area (Å²) < 4.78 is 4.95. The summed E-state index contributed by atoms with van der Waals surface area (Å²) >= 11 is 0. The summed E-state index contributed by atoms with van der Waals surface area (Å²) in [6.07, 6.45) is -0.302. The summed E-state index contributed by atoms with van der Waals surface area (Å²) in [6.45, 7) is 5.64. The van der Waals surface area contributed by atoms with Gasteiger partial charge in [0.2, 0.25) is 0 Å². The first-order valence-corrected chi connectivity index (χ1v) is 5.94. The van der Waals surface area contributed by atoms with Crippen LogP contribution < -0.4 is 0 Å². The quantitative estimate of drug-likeness (QED) is 0.600. The van der Waals surface area contributed by atoms with Crippen LogP contribution in [0.1, 0.15) is 20.8 Å². The van der Waals surface area contributed by atoms with E-state index in [1.165, 1.54) is 0 Å². The van der Waals surface area contributed by atoms with Crippen LogP contribution >= 0.6 is 0 Å². The topological polar surface area (TPSA) is 83.9 Å². The van der Waals surface area contributed by atoms with E-state index in [9.17, 15) is 14.4 Å². The molecule has 0 spiro atoms. The second-order valence-electron chi connectivity index (χ2n) is 5.09. The van der Waals surface area contributed by atoms with Gasteiger partial charge in [0, 0.05) is 24.4 Å². The third kappa shape index (κ3) is 2.80. The Bertz CT molecular complexity index is 352. The van der Waals surface area contributed by atoms with Gasteiger partial charge < -0.3 is 19.5 Å². The van der Waals surface area contributed by atoms with E-state index >= 15 is 0 Å². The van der Waals surface area contributed by atoms with Gasteiger partial charge in [-0.3, -0.25) is 4.79 Å². The molecule has 1 N–H and O–H groups in total. The first kappa shape index (κ1) is 14.5. The number of ether oxygens (including phenoxy) is 1. The van der Waals surface area contributed by atoms with Crippen molar-refractivity contribution in [1.82, 2.24) is 4.90 Å². The third-order valence-corrected chi connectivity index (χ3v) is 3.44. The number of hydrogen-bond acceptors (Lipinski definition) is 4. The molecule has 2 unspecified atom stereocenters. The fourth-order valence-electron chi connectivity index (χ4n) is 2.29. The molecule has 1 heterocycles. The van der Waals surface area contributed by atoms with E-state index in [0.717, 1.165) is 11.2 Å². The summed E-state index contributed by atoms with van der Waals surface area (Å²) in [6, 6.07) is 0. The summed E-state index contributed by atoms with van der Waals surface area (Å²) in [5.74, 6) is -1.34. The van der Waals surface area contributed by atoms with Crippen molar-refractivity contribution in [2.75, 3.05) is 19.7 Å². The maximum atomic E-state index is 11.8. The smallest absolute Gasteiger partial charge is 0.407 e. The van der Waals surface area contributed by atoms with Gasteiger partial charge in [0.25, 0.3) is 0 Å². The molecule has 0 radical (unpaired) electrons. The van der Waals surface area contributed by atoms with Crippen LogP contribution in [0.25, 0.3) is 0 Å². The zero-order chi connectivity index (χ0) is 13.9. The second-order valence-corrected chi connectivity index (χ2v) is 5.09. The molecular weight excluding hydrogens is 238 g/mol. The van der Waals surface area contributed by atoms with E-state index in [1.807, 2.05) is 0 Å². The summed E-state index contributed by atoms with van der Waals surface area (Å²) in [5, 5.41) is 8.98. The van der Waals surface area contributed by atoms with Crippen molar-refractivity contribution in [3.63, 3.8) is 0 Å². The van der Waals surface area contributed by atoms with Crippen molar-refractivity contribution < 1.29 is 24.2 Å². The maximum Gasteiger partial charge on any atom is 0.407 e. The predicted molar refractivity (Wildman–Crippen MR) is 63.1 cm³/mol. The Balaban J connectivity index is 2.93. The lowest BCUT2D eigenvalue weighted by Gasteiger charge is -2.28. The van der Waals surface area contributed by atoms with Crippen LogP contribution in [0, 0.1) is 17.3 Å². The zero-order valence-electron chi connectivity index (χ0n) is 10.9. The standard InChI is InChI=1S/C12H19NO5/c1-4-18-10(15)8-5-13(11(16)17)6-9(8)12(2,3)7-14/h7-9H,4-6H2,1-3H3,(H,16,17). The van der Waals surface area contributed by atoms with Crippen LogP contribution in [0.15, 0.2) is 0 Å². The highest BCUT2D eigenvalue weighted by Crippen LogP contribution is 2.37. The first-order valence-electron chi connectivity index (χ1n) is 5.94. The van der Waals surface area contributed by atoms with Crippen molar-refractivity contribution in [1.29, 1.82) is 0 Å². The van der Waals surface area contributed by atoms with Crippen molar-refractivity contribution >= 4 is 18.3 Å². The Morgan fingerprint density at radius 2 is 2.06 bits per heavy atom. The Kier molecular flexibility index (Phi) is 4.32. The highest BCUT2D eigenvalue weighted by atomic mass is 16.5. The van der Waals surface area contributed by atoms with Crippen molar-refractivity contribution in [2.45, 2.75) is 20.8 Å². The molecule has 18 heavy (non-hydrogen) atoms. The molecule has 1 amide bonds. The number of carboxylic acid groups (broad SMARTS) is 1. The van der Waals surface area contributed by atoms with E-state index in [1.54, 1.807) is 20.8 Å². The number of nitrogens with zero attached hydrogens (tertiary/aromatic N) is 1. The highest BCUT2D eigenvalue weighted by molar-refractivity contribution is 5.77. The fraction of sp³-hybridized carbons (Fsp3) is 0.750. The lowest BCUT2D eigenvalue weighted by atomic mass is 9.74. The number of aldehydes is 1. The zero-order valence-corrected chi connectivity index (χ0v) is 10.9. The van der Waals surface area contributed by atoms with Crippen LogP contribution in [-0.2, 0) is 14.3 Å². The Hall–Kier alpha value is -1.59. The van der Waals surface area contributed by atoms with Gasteiger partial charge in [-0.2, -0.15) is 0 Å². The molecule has 0 aromatic heterocycles. The number of rotatable bonds is 4. The number of amides is 1. The van der Waals surface area contributed by atoms with E-state index in [4.69, 9.17) is 9.84 Å². The summed E-state index contributed by atoms with van der Waals surface area (Å²) in [4.78, 5) is 35.1. The molecule has 1 aliphatic rings. The highest BCUT2D eigenvalue weighted by Gasteiger charge is 2.47. The number of carbonyl (C=O) groups excluding carboxylic acids is 2. The van der Waals surface area contributed by atoms with Gasteiger partial charge in [0.05, 0.1) is 12.5 Å². The molecule has 102 valence electrons. The minimum absolute atomic E-state index is 0.0934. The molecule has 0 aliphatic carbocycles. The molecule has 6 nitrogen and oxygen atoms in total. The van der Waals surface area contributed by atoms with Crippen molar-refractivity contribution in [3.8, 4) is 0 Å². The Morgan fingerprint density at radius 1 is 1.44 bits per heavy atom. The summed E-state index contributed by atoms with van der Waals surface area (Å²) in [7, 11) is 0. The molecule has 0 bridgehead atoms. The van der Waals surface area contributed by atoms with Crippen molar-refractivity contribution in [3.05, 3.63) is 0 Å². The SMILES string of the molecule is CCOC(=O)C1CN(C(=O)O)CC1C(C)(C)C=O. The van der Waals surface area contributed by atoms with E-state index in [0.29, 0.717) is 0 Å². The van der Waals surface area contributed by atoms with E-state index in [2.05, 4.69) is 0 Å². The minimum Gasteiger partial charge on any atom is -0.466 e.